The Morgan fingerprint density at radius 3 is 2.06 bits per heavy atom. The number of carbonyl (C=O) groups is 3. The van der Waals surface area contributed by atoms with Crippen molar-refractivity contribution in [1.82, 2.24) is 0 Å². The molecule has 3 saturated carbocycles. The topological polar surface area (TPSA) is 108 Å². The molecule has 0 amide bonds. The number of fused-ring (bicyclic) bond motifs is 3. The van der Waals surface area contributed by atoms with Crippen LogP contribution in [0.3, 0.4) is 0 Å². The molecule has 0 bridgehead atoms. The van der Waals surface area contributed by atoms with E-state index in [0.29, 0.717) is 34.9 Å². The Labute approximate surface area is 305 Å². The fraction of sp³-hybridized carbons (Fsp3) is 0.881. The third kappa shape index (κ3) is 9.60. The Morgan fingerprint density at radius 2 is 1.64 bits per heavy atom. The van der Waals surface area contributed by atoms with E-state index in [1.807, 2.05) is 7.11 Å². The first-order valence-corrected chi connectivity index (χ1v) is 18.9. The summed E-state index contributed by atoms with van der Waals surface area (Å²) in [6, 6.07) is 0. The Hall–Kier alpha value is -1.79. The molecule has 4 fully saturated rings. The molecule has 50 heavy (non-hydrogen) atoms. The molecule has 1 saturated heterocycles. The number of aliphatic hydroxyl groups is 1. The van der Waals surface area contributed by atoms with Crippen LogP contribution in [0.2, 0.25) is 0 Å². The minimum atomic E-state index is -1.15. The summed E-state index contributed by atoms with van der Waals surface area (Å²) in [5.41, 5.74) is 0.224. The normalized spacial score (nSPS) is 36.7. The number of hydrogen-bond acceptors (Lipinski definition) is 8. The van der Waals surface area contributed by atoms with E-state index >= 15 is 0 Å². The number of ether oxygens (including phenoxy) is 4. The minimum Gasteiger partial charge on any atom is -0.457 e. The predicted octanol–water partition coefficient (Wildman–Crippen LogP) is 8.25. The van der Waals surface area contributed by atoms with Crippen LogP contribution in [0.25, 0.3) is 0 Å². The third-order valence-electron chi connectivity index (χ3n) is 13.3. The molecule has 1 N–H and O–H groups in total. The van der Waals surface area contributed by atoms with Crippen LogP contribution in [-0.2, 0) is 33.3 Å². The third-order valence-corrected chi connectivity index (χ3v) is 13.3. The van der Waals surface area contributed by atoms with E-state index in [2.05, 4.69) is 73.0 Å². The molecular formula is C42H74O8. The summed E-state index contributed by atoms with van der Waals surface area (Å²) in [5.74, 6) is 1.27. The fourth-order valence-corrected chi connectivity index (χ4v) is 11.0. The molecule has 3 aliphatic carbocycles. The molecule has 1 heterocycles. The first-order valence-electron chi connectivity index (χ1n) is 18.9. The molecule has 0 aromatic heterocycles. The lowest BCUT2D eigenvalue weighted by molar-refractivity contribution is -0.208. The van der Waals surface area contributed by atoms with Gasteiger partial charge in [-0.15, -0.1) is 12.8 Å². The van der Waals surface area contributed by atoms with Gasteiger partial charge in [0, 0.05) is 21.1 Å². The van der Waals surface area contributed by atoms with E-state index in [1.54, 1.807) is 13.8 Å². The second kappa shape index (κ2) is 18.3. The Balaban J connectivity index is 0.00000111. The summed E-state index contributed by atoms with van der Waals surface area (Å²) in [4.78, 5) is 30.1. The fourth-order valence-electron chi connectivity index (χ4n) is 11.0. The smallest absolute Gasteiger partial charge is 0.303 e. The van der Waals surface area contributed by atoms with E-state index in [0.717, 1.165) is 25.5 Å². The molecule has 8 nitrogen and oxygen atoms in total. The molecule has 11 atom stereocenters. The first kappa shape index (κ1) is 46.2. The predicted molar refractivity (Wildman–Crippen MR) is 200 cm³/mol. The van der Waals surface area contributed by atoms with E-state index in [1.165, 1.54) is 59.5 Å². The van der Waals surface area contributed by atoms with Gasteiger partial charge in [-0.05, 0) is 117 Å². The SMILES string of the molecule is C#C.CC=O.CCC[C@@H]1[C@]2(CC[C@]3(C)C4C(C[C@@]13C)OC([C@H](OC(C)=O)C(C)(C)O)C[C@H]4C)C[C@@]2(C)CC[C@H](OC)C(C)(C)C.COCC=O. The lowest BCUT2D eigenvalue weighted by atomic mass is 9.46. The highest BCUT2D eigenvalue weighted by Crippen LogP contribution is 2.83. The highest BCUT2D eigenvalue weighted by atomic mass is 16.6. The quantitative estimate of drug-likeness (QED) is 0.130. The van der Waals surface area contributed by atoms with Gasteiger partial charge in [-0.3, -0.25) is 4.79 Å². The van der Waals surface area contributed by atoms with Gasteiger partial charge >= 0.3 is 5.97 Å². The number of methoxy groups -OCH3 is 2. The number of terminal acetylenes is 1. The van der Waals surface area contributed by atoms with E-state index in [-0.39, 0.29) is 47.1 Å². The van der Waals surface area contributed by atoms with Crippen LogP contribution in [0.4, 0.5) is 0 Å². The zero-order valence-corrected chi connectivity index (χ0v) is 34.2. The van der Waals surface area contributed by atoms with Crippen LogP contribution in [0.5, 0.6) is 0 Å². The highest BCUT2D eigenvalue weighted by molar-refractivity contribution is 5.66. The molecule has 4 aliphatic rings. The van der Waals surface area contributed by atoms with Gasteiger partial charge in [0.25, 0.3) is 0 Å². The van der Waals surface area contributed by atoms with Gasteiger partial charge < -0.3 is 33.6 Å². The summed E-state index contributed by atoms with van der Waals surface area (Å²) in [6.07, 6.45) is 19.7. The van der Waals surface area contributed by atoms with Crippen molar-refractivity contribution >= 4 is 18.5 Å². The van der Waals surface area contributed by atoms with Crippen molar-refractivity contribution in [3.63, 3.8) is 0 Å². The molecule has 0 radical (unpaired) electrons. The van der Waals surface area contributed by atoms with Crippen molar-refractivity contribution in [2.24, 2.45) is 44.8 Å². The summed E-state index contributed by atoms with van der Waals surface area (Å²) in [7, 11) is 3.36. The number of esters is 1. The largest absolute Gasteiger partial charge is 0.457 e. The summed E-state index contributed by atoms with van der Waals surface area (Å²) >= 11 is 0. The average molecular weight is 707 g/mol. The number of rotatable bonds is 11. The second-order valence-electron chi connectivity index (χ2n) is 17.9. The summed E-state index contributed by atoms with van der Waals surface area (Å²) < 4.78 is 22.9. The van der Waals surface area contributed by atoms with E-state index in [9.17, 15) is 14.7 Å². The lowest BCUT2D eigenvalue weighted by Gasteiger charge is -2.59. The zero-order valence-electron chi connectivity index (χ0n) is 34.2. The lowest BCUT2D eigenvalue weighted by Crippen LogP contribution is -2.55. The Bertz CT molecular complexity index is 1110. The van der Waals surface area contributed by atoms with E-state index < -0.39 is 11.7 Å². The monoisotopic (exact) mass is 707 g/mol. The molecule has 1 spiro atoms. The van der Waals surface area contributed by atoms with Crippen molar-refractivity contribution in [1.29, 1.82) is 0 Å². The van der Waals surface area contributed by atoms with E-state index in [4.69, 9.17) is 19.0 Å². The van der Waals surface area contributed by atoms with Crippen LogP contribution in [-0.4, -0.2) is 74.5 Å². The van der Waals surface area contributed by atoms with Crippen molar-refractivity contribution in [3.05, 3.63) is 0 Å². The number of hydrogen-bond donors (Lipinski definition) is 1. The molecule has 8 heteroatoms. The number of aldehydes is 2. The van der Waals surface area contributed by atoms with Crippen LogP contribution < -0.4 is 0 Å². The van der Waals surface area contributed by atoms with Crippen molar-refractivity contribution in [2.75, 3.05) is 20.8 Å². The maximum atomic E-state index is 12.0. The molecule has 290 valence electrons. The van der Waals surface area contributed by atoms with Gasteiger partial charge in [-0.25, -0.2) is 0 Å². The molecule has 1 aliphatic heterocycles. The van der Waals surface area contributed by atoms with Gasteiger partial charge in [0.15, 0.2) is 6.10 Å². The molecule has 0 aromatic carbocycles. The summed E-state index contributed by atoms with van der Waals surface area (Å²) in [6.45, 7) is 26.0. The van der Waals surface area contributed by atoms with Crippen molar-refractivity contribution in [2.45, 2.75) is 171 Å². The van der Waals surface area contributed by atoms with Crippen LogP contribution >= 0.6 is 0 Å². The van der Waals surface area contributed by atoms with Gasteiger partial charge in [0.1, 0.15) is 19.2 Å². The summed E-state index contributed by atoms with van der Waals surface area (Å²) in [5, 5.41) is 11.0. The minimum absolute atomic E-state index is 0.141. The van der Waals surface area contributed by atoms with Crippen molar-refractivity contribution < 1.29 is 38.4 Å². The van der Waals surface area contributed by atoms with Gasteiger partial charge in [-0.2, -0.15) is 0 Å². The molecule has 4 rings (SSSR count). The zero-order chi connectivity index (χ0) is 38.9. The van der Waals surface area contributed by atoms with Crippen molar-refractivity contribution in [3.8, 4) is 12.8 Å². The Morgan fingerprint density at radius 1 is 1.06 bits per heavy atom. The maximum Gasteiger partial charge on any atom is 0.303 e. The maximum absolute atomic E-state index is 12.0. The van der Waals surface area contributed by atoms with Crippen LogP contribution in [0.15, 0.2) is 0 Å². The Kier molecular flexibility index (Phi) is 16.9. The standard InChI is InChI=1S/C35H62O5.C3H6O2.C2H4O.C2H2/c1-13-14-26-34(11)20-25-28(22(2)19-24(40-25)29(31(7,8)37)39-23(3)36)33(34,10)17-18-35(26)21-32(35,9)16-15-27(38-12)30(4,5)6;1-5-3-2-4;1-2-3;1-2/h22,24-29,37H,13-21H2,1-12H3;2H,3H2,1H3;2H,1H3;1-2H/t22-,24?,25?,26+,27+,28?,29+,32-,33-,34+,35+;;;/m1.../s1. The number of carbonyl (C=O) groups excluding carboxylic acids is 3. The molecular weight excluding hydrogens is 632 g/mol. The van der Waals surface area contributed by atoms with Gasteiger partial charge in [0.2, 0.25) is 0 Å². The average Bonchev–Trinajstić information content (AvgIpc) is 3.51. The van der Waals surface area contributed by atoms with Gasteiger partial charge in [-0.1, -0.05) is 61.8 Å². The molecule has 0 aromatic rings. The second-order valence-corrected chi connectivity index (χ2v) is 17.9. The van der Waals surface area contributed by atoms with Gasteiger partial charge in [0.05, 0.1) is 23.9 Å². The first-order chi connectivity index (χ1) is 23.1. The van der Waals surface area contributed by atoms with Crippen LogP contribution in [0.1, 0.15) is 141 Å². The molecule has 3 unspecified atom stereocenters. The highest BCUT2D eigenvalue weighted by Gasteiger charge is 2.77. The van der Waals surface area contributed by atoms with Crippen LogP contribution in [0, 0.1) is 57.7 Å².